The Bertz CT molecular complexity index is 457. The van der Waals surface area contributed by atoms with Crippen LogP contribution in [0.2, 0.25) is 0 Å². The van der Waals surface area contributed by atoms with E-state index in [4.69, 9.17) is 88.6 Å². The van der Waals surface area contributed by atoms with Crippen molar-refractivity contribution in [3.8, 4) is 0 Å². The summed E-state index contributed by atoms with van der Waals surface area (Å²) in [6.45, 7) is 12.6. The molecule has 0 aliphatic heterocycles. The summed E-state index contributed by atoms with van der Waals surface area (Å²) in [5.41, 5.74) is -7.26. The molecule has 0 aliphatic rings. The lowest BCUT2D eigenvalue weighted by atomic mass is 10.3. The van der Waals surface area contributed by atoms with E-state index in [-0.39, 0.29) is 24.2 Å². The van der Waals surface area contributed by atoms with Crippen molar-refractivity contribution in [2.24, 2.45) is 0 Å². The lowest BCUT2D eigenvalue weighted by Crippen LogP contribution is -2.86. The maximum atomic E-state index is 7.45. The fraction of sp³-hybridized carbons (Fsp3) is 1.00. The van der Waals surface area contributed by atoms with E-state index in [0.29, 0.717) is 0 Å². The standard InChI is InChI=1S/C12H28Cl8N2Si4/c1-9(2)21(10(3)4)24(16,17)26(20,22(11(5)6)12(7)8)25(18,19)23(13,14)15/h9-12H,1-8H3. The molecule has 0 amide bonds. The summed E-state index contributed by atoms with van der Waals surface area (Å²) in [5.74, 6) is 0. The fourth-order valence-electron chi connectivity index (χ4n) is 3.42. The van der Waals surface area contributed by atoms with Crippen LogP contribution in [-0.2, 0) is 0 Å². The molecule has 0 fully saturated rings. The van der Waals surface area contributed by atoms with Crippen LogP contribution in [0, 0.1) is 0 Å². The molecule has 1 unspecified atom stereocenters. The second kappa shape index (κ2) is 10.2. The lowest BCUT2D eigenvalue weighted by Gasteiger charge is -2.56. The fourth-order valence-corrected chi connectivity index (χ4v) is 94.4. The summed E-state index contributed by atoms with van der Waals surface area (Å²) < 4.78 is 4.12. The van der Waals surface area contributed by atoms with E-state index in [1.807, 2.05) is 60.0 Å². The van der Waals surface area contributed by atoms with Gasteiger partial charge < -0.3 is 4.57 Å². The first-order valence-corrected chi connectivity index (χ1v) is 27.3. The number of rotatable bonds is 9. The Morgan fingerprint density at radius 1 is 0.500 bits per heavy atom. The van der Waals surface area contributed by atoms with Crippen LogP contribution >= 0.6 is 88.6 Å². The number of nitrogens with zero attached hydrogens (tertiary/aromatic N) is 2. The highest BCUT2D eigenvalue weighted by atomic mass is 35.9. The van der Waals surface area contributed by atoms with Crippen molar-refractivity contribution in [3.05, 3.63) is 0 Å². The van der Waals surface area contributed by atoms with Crippen molar-refractivity contribution in [1.29, 1.82) is 0 Å². The van der Waals surface area contributed by atoms with Crippen molar-refractivity contribution in [2.75, 3.05) is 0 Å². The van der Waals surface area contributed by atoms with Crippen LogP contribution in [0.1, 0.15) is 55.4 Å². The van der Waals surface area contributed by atoms with E-state index in [9.17, 15) is 0 Å². The van der Waals surface area contributed by atoms with Crippen LogP contribution in [0.4, 0.5) is 0 Å². The van der Waals surface area contributed by atoms with E-state index in [2.05, 4.69) is 4.57 Å². The molecular weight excluding hydrogens is 568 g/mol. The van der Waals surface area contributed by atoms with Gasteiger partial charge in [-0.15, -0.1) is 88.6 Å². The average molecular weight is 596 g/mol. The highest BCUT2D eigenvalue weighted by Gasteiger charge is 2.80. The Morgan fingerprint density at radius 2 is 0.769 bits per heavy atom. The van der Waals surface area contributed by atoms with Gasteiger partial charge in [-0.25, -0.2) is 0 Å². The molecule has 1 atom stereocenters. The Balaban J connectivity index is 6.98. The SMILES string of the molecule is CC(C)N(C(C)C)[Si](Cl)(Cl)[Si](Cl)(N(C(C)C)C(C)C)[Si](Cl)(Cl)[Si](Cl)(Cl)Cl. The molecule has 158 valence electrons. The van der Waals surface area contributed by atoms with Crippen LogP contribution in [0.15, 0.2) is 0 Å². The zero-order chi connectivity index (χ0) is 21.5. The Hall–Kier alpha value is 3.11. The van der Waals surface area contributed by atoms with E-state index in [1.54, 1.807) is 0 Å². The molecule has 26 heavy (non-hydrogen) atoms. The first-order valence-electron chi connectivity index (χ1n) is 8.36. The van der Waals surface area contributed by atoms with Crippen molar-refractivity contribution in [3.63, 3.8) is 0 Å². The van der Waals surface area contributed by atoms with Crippen LogP contribution in [-0.4, -0.2) is 57.5 Å². The Kier molecular flexibility index (Phi) is 11.4. The van der Waals surface area contributed by atoms with Gasteiger partial charge in [0.2, 0.25) is 0 Å². The van der Waals surface area contributed by atoms with E-state index in [0.717, 1.165) is 0 Å². The molecule has 0 heterocycles. The third-order valence-electron chi connectivity index (χ3n) is 4.08. The van der Waals surface area contributed by atoms with Gasteiger partial charge in [-0.2, -0.15) is 0 Å². The zero-order valence-electron chi connectivity index (χ0n) is 16.2. The molecule has 0 aliphatic carbocycles. The Labute approximate surface area is 199 Å². The minimum absolute atomic E-state index is 0.00422. The molecule has 0 bridgehead atoms. The van der Waals surface area contributed by atoms with Crippen molar-refractivity contribution in [2.45, 2.75) is 79.6 Å². The minimum atomic E-state index is -3.67. The normalized spacial score (nSPS) is 17.3. The molecule has 0 saturated carbocycles. The summed E-state index contributed by atoms with van der Waals surface area (Å²) in [5, 5.41) is 0. The predicted octanol–water partition coefficient (Wildman–Crippen LogP) is 7.13. The van der Waals surface area contributed by atoms with Crippen LogP contribution in [0.25, 0.3) is 0 Å². The summed E-state index contributed by atoms with van der Waals surface area (Å²) in [4.78, 5) is 0. The van der Waals surface area contributed by atoms with Crippen molar-refractivity contribution in [1.82, 2.24) is 9.13 Å². The predicted molar refractivity (Wildman–Crippen MR) is 134 cm³/mol. The van der Waals surface area contributed by atoms with Gasteiger partial charge in [0.05, 0.1) is 0 Å². The molecule has 0 saturated heterocycles. The third-order valence-corrected chi connectivity index (χ3v) is 84.2. The minimum Gasteiger partial charge on any atom is -0.307 e. The summed E-state index contributed by atoms with van der Waals surface area (Å²) in [6, 6.07) is 0.0724. The highest BCUT2D eigenvalue weighted by Crippen LogP contribution is 2.53. The highest BCUT2D eigenvalue weighted by molar-refractivity contribution is 8.24. The molecule has 0 rings (SSSR count). The van der Waals surface area contributed by atoms with Gasteiger partial charge in [0, 0.05) is 0 Å². The summed E-state index contributed by atoms with van der Waals surface area (Å²) in [6.07, 6.45) is -3.46. The third kappa shape index (κ3) is 5.47. The van der Waals surface area contributed by atoms with Gasteiger partial charge in [0.1, 0.15) is 0 Å². The smallest absolute Gasteiger partial charge is 0.307 e. The monoisotopic (exact) mass is 592 g/mol. The van der Waals surface area contributed by atoms with Crippen LogP contribution in [0.3, 0.4) is 0 Å². The molecule has 0 aromatic heterocycles. The average Bonchev–Trinajstić information content (AvgIpc) is 2.33. The first-order chi connectivity index (χ1) is 11.3. The van der Waals surface area contributed by atoms with Crippen LogP contribution < -0.4 is 0 Å². The molecule has 0 radical (unpaired) electrons. The second-order valence-electron chi connectivity index (χ2n) is 7.43. The summed E-state index contributed by atoms with van der Waals surface area (Å²) in [7, 11) is 0. The second-order valence-corrected chi connectivity index (χ2v) is 56.0. The number of hydrogen-bond donors (Lipinski definition) is 0. The number of hydrogen-bond acceptors (Lipinski definition) is 2. The van der Waals surface area contributed by atoms with Crippen LogP contribution in [0.5, 0.6) is 0 Å². The molecule has 0 aromatic rings. The molecule has 14 heteroatoms. The molecule has 0 N–H and O–H groups in total. The van der Waals surface area contributed by atoms with Crippen molar-refractivity contribution < 1.29 is 0 Å². The zero-order valence-corrected chi connectivity index (χ0v) is 26.3. The van der Waals surface area contributed by atoms with Gasteiger partial charge in [-0.1, -0.05) is 55.4 Å². The Morgan fingerprint density at radius 3 is 0.962 bits per heavy atom. The molecule has 2 nitrogen and oxygen atoms in total. The van der Waals surface area contributed by atoms with E-state index < -0.39 is 24.2 Å². The lowest BCUT2D eigenvalue weighted by molar-refractivity contribution is 0.293. The van der Waals surface area contributed by atoms with Gasteiger partial charge >= 0.3 is 17.6 Å². The van der Waals surface area contributed by atoms with Gasteiger partial charge in [0.25, 0.3) is 6.58 Å². The molecule has 0 aromatic carbocycles. The maximum absolute atomic E-state index is 7.45. The van der Waals surface area contributed by atoms with E-state index in [1.165, 1.54) is 0 Å². The molecule has 0 spiro atoms. The summed E-state index contributed by atoms with van der Waals surface area (Å²) >= 11 is 55.0. The maximum Gasteiger partial charge on any atom is 0.358 e. The first kappa shape index (κ1) is 29.1. The van der Waals surface area contributed by atoms with E-state index >= 15 is 0 Å². The largest absolute Gasteiger partial charge is 0.358 e. The van der Waals surface area contributed by atoms with Gasteiger partial charge in [-0.3, -0.25) is 4.57 Å². The van der Waals surface area contributed by atoms with Gasteiger partial charge in [0.15, 0.2) is 0 Å². The topological polar surface area (TPSA) is 6.48 Å². The van der Waals surface area contributed by atoms with Crippen molar-refractivity contribution >= 4 is 113 Å². The number of halogens is 8. The molecular formula is C12H28Cl8N2Si4. The van der Waals surface area contributed by atoms with Gasteiger partial charge in [-0.05, 0) is 24.2 Å². The quantitative estimate of drug-likeness (QED) is 0.207.